The lowest BCUT2D eigenvalue weighted by atomic mass is 9.46. The van der Waals surface area contributed by atoms with E-state index >= 15 is 0 Å². The predicted molar refractivity (Wildman–Crippen MR) is 101 cm³/mol. The molecule has 2 saturated carbocycles. The molecule has 2 aliphatic carbocycles. The Labute approximate surface area is 149 Å². The Morgan fingerprint density at radius 2 is 2.08 bits per heavy atom. The zero-order chi connectivity index (χ0) is 18.0. The van der Waals surface area contributed by atoms with Crippen molar-refractivity contribution in [1.82, 2.24) is 0 Å². The van der Waals surface area contributed by atoms with Crippen molar-refractivity contribution < 1.29 is 9.53 Å². The molecule has 5 atom stereocenters. The van der Waals surface area contributed by atoms with Crippen molar-refractivity contribution in [2.75, 3.05) is 6.61 Å². The summed E-state index contributed by atoms with van der Waals surface area (Å²) in [6, 6.07) is 0. The van der Waals surface area contributed by atoms with E-state index in [-0.39, 0.29) is 5.97 Å². The van der Waals surface area contributed by atoms with Crippen LogP contribution in [0.5, 0.6) is 0 Å². The van der Waals surface area contributed by atoms with Gasteiger partial charge in [-0.3, -0.25) is 4.79 Å². The first-order valence-electron chi connectivity index (χ1n) is 10.1. The highest BCUT2D eigenvalue weighted by atomic mass is 16.5. The summed E-state index contributed by atoms with van der Waals surface area (Å²) in [6.45, 7) is 16.5. The van der Waals surface area contributed by atoms with Crippen molar-refractivity contribution in [3.63, 3.8) is 0 Å². The summed E-state index contributed by atoms with van der Waals surface area (Å²) >= 11 is 0. The third-order valence-corrected chi connectivity index (χ3v) is 7.56. The monoisotopic (exact) mass is 334 g/mol. The molecule has 0 radical (unpaired) electrons. The number of carbonyl (C=O) groups is 1. The minimum absolute atomic E-state index is 0.0391. The molecule has 0 amide bonds. The number of ether oxygens (including phenoxy) is 1. The summed E-state index contributed by atoms with van der Waals surface area (Å²) in [6.07, 6.45) is 9.41. The maximum atomic E-state index is 11.7. The van der Waals surface area contributed by atoms with Gasteiger partial charge in [-0.15, -0.1) is 0 Å². The number of esters is 1. The summed E-state index contributed by atoms with van der Waals surface area (Å²) in [7, 11) is 0. The second-order valence-corrected chi connectivity index (χ2v) is 9.06. The van der Waals surface area contributed by atoms with Gasteiger partial charge < -0.3 is 4.74 Å². The predicted octanol–water partition coefficient (Wildman–Crippen LogP) is 6.15. The fourth-order valence-corrected chi connectivity index (χ4v) is 5.55. The van der Waals surface area contributed by atoms with Crippen molar-refractivity contribution in [2.24, 2.45) is 28.6 Å². The molecule has 0 aliphatic heterocycles. The van der Waals surface area contributed by atoms with E-state index in [2.05, 4.69) is 34.3 Å². The van der Waals surface area contributed by atoms with E-state index in [1.807, 2.05) is 6.92 Å². The Balaban J connectivity index is 2.05. The van der Waals surface area contributed by atoms with Gasteiger partial charge in [-0.2, -0.15) is 0 Å². The Morgan fingerprint density at radius 1 is 1.38 bits per heavy atom. The Bertz CT molecular complexity index is 469. The van der Waals surface area contributed by atoms with E-state index < -0.39 is 0 Å². The zero-order valence-corrected chi connectivity index (χ0v) is 16.6. The summed E-state index contributed by atoms with van der Waals surface area (Å²) in [4.78, 5) is 11.7. The summed E-state index contributed by atoms with van der Waals surface area (Å²) in [5.41, 5.74) is 2.21. The topological polar surface area (TPSA) is 26.3 Å². The van der Waals surface area contributed by atoms with Crippen LogP contribution in [0.15, 0.2) is 12.2 Å². The van der Waals surface area contributed by atoms with Crippen LogP contribution >= 0.6 is 0 Å². The van der Waals surface area contributed by atoms with Gasteiger partial charge in [0.1, 0.15) is 0 Å². The first-order valence-corrected chi connectivity index (χ1v) is 10.1. The molecule has 2 aliphatic rings. The van der Waals surface area contributed by atoms with Crippen LogP contribution in [-0.2, 0) is 9.53 Å². The van der Waals surface area contributed by atoms with Gasteiger partial charge in [0.2, 0.25) is 0 Å². The van der Waals surface area contributed by atoms with Crippen LogP contribution < -0.4 is 0 Å². The van der Waals surface area contributed by atoms with Crippen LogP contribution in [0.3, 0.4) is 0 Å². The molecule has 0 heterocycles. The molecule has 0 spiro atoms. The van der Waals surface area contributed by atoms with Crippen LogP contribution in [0.25, 0.3) is 0 Å². The fourth-order valence-electron chi connectivity index (χ4n) is 5.55. The Morgan fingerprint density at radius 3 is 2.75 bits per heavy atom. The van der Waals surface area contributed by atoms with Crippen LogP contribution in [0, 0.1) is 28.6 Å². The van der Waals surface area contributed by atoms with Crippen molar-refractivity contribution in [2.45, 2.75) is 86.0 Å². The van der Waals surface area contributed by atoms with E-state index in [4.69, 9.17) is 4.74 Å². The van der Waals surface area contributed by atoms with Gasteiger partial charge in [0.25, 0.3) is 0 Å². The molecule has 24 heavy (non-hydrogen) atoms. The maximum Gasteiger partial charge on any atom is 0.306 e. The number of hydrogen-bond donors (Lipinski definition) is 0. The highest BCUT2D eigenvalue weighted by molar-refractivity contribution is 5.69. The average molecular weight is 335 g/mol. The standard InChI is InChI=1S/C22H38O2/c1-7-24-20(23)15-16(2)11-13-21(5)18(4)12-14-22(6)17(3)9-8-10-19(21)22/h16,18-19H,3,7-15H2,1-2,4-6H3/t16?,18-,19-,21+,22+/m1/s1. The Hall–Kier alpha value is -0.790. The summed E-state index contributed by atoms with van der Waals surface area (Å²) in [5, 5.41) is 0. The number of hydrogen-bond acceptors (Lipinski definition) is 2. The molecule has 1 unspecified atom stereocenters. The van der Waals surface area contributed by atoms with Crippen molar-refractivity contribution >= 4 is 5.97 Å². The fraction of sp³-hybridized carbons (Fsp3) is 0.864. The van der Waals surface area contributed by atoms with Gasteiger partial charge in [-0.1, -0.05) is 39.8 Å². The summed E-state index contributed by atoms with van der Waals surface area (Å²) in [5.74, 6) is 1.89. The first-order chi connectivity index (χ1) is 11.2. The average Bonchev–Trinajstić information content (AvgIpc) is 2.52. The minimum atomic E-state index is -0.0391. The van der Waals surface area contributed by atoms with Gasteiger partial charge in [0.15, 0.2) is 0 Å². The lowest BCUT2D eigenvalue weighted by Gasteiger charge is -2.59. The smallest absolute Gasteiger partial charge is 0.306 e. The first kappa shape index (κ1) is 19.5. The van der Waals surface area contributed by atoms with Crippen LogP contribution in [0.1, 0.15) is 86.0 Å². The van der Waals surface area contributed by atoms with Gasteiger partial charge >= 0.3 is 5.97 Å². The quantitative estimate of drug-likeness (QED) is 0.430. The third-order valence-electron chi connectivity index (χ3n) is 7.56. The van der Waals surface area contributed by atoms with E-state index in [1.54, 1.807) is 0 Å². The van der Waals surface area contributed by atoms with Crippen LogP contribution in [-0.4, -0.2) is 12.6 Å². The number of rotatable bonds is 6. The number of fused-ring (bicyclic) bond motifs is 1. The molecule has 2 heteroatoms. The van der Waals surface area contributed by atoms with Crippen molar-refractivity contribution in [3.8, 4) is 0 Å². The normalized spacial score (nSPS) is 37.6. The highest BCUT2D eigenvalue weighted by Gasteiger charge is 2.53. The van der Waals surface area contributed by atoms with Crippen molar-refractivity contribution in [3.05, 3.63) is 12.2 Å². The van der Waals surface area contributed by atoms with Gasteiger partial charge in [0, 0.05) is 6.42 Å². The second-order valence-electron chi connectivity index (χ2n) is 9.06. The third kappa shape index (κ3) is 3.73. The molecular weight excluding hydrogens is 296 g/mol. The second kappa shape index (κ2) is 7.62. The molecule has 0 aromatic carbocycles. The minimum Gasteiger partial charge on any atom is -0.466 e. The van der Waals surface area contributed by atoms with Gasteiger partial charge in [0.05, 0.1) is 6.61 Å². The lowest BCUT2D eigenvalue weighted by molar-refractivity contribution is -0.144. The SMILES string of the molecule is C=C1CCC[C@@H]2[C@@](C)(CCC(C)CC(=O)OCC)[C@H](C)CC[C@@]12C. The zero-order valence-electron chi connectivity index (χ0n) is 16.6. The van der Waals surface area contributed by atoms with E-state index in [0.717, 1.165) is 18.3 Å². The molecule has 0 aromatic heterocycles. The molecule has 2 rings (SSSR count). The lowest BCUT2D eigenvalue weighted by Crippen LogP contribution is -2.50. The van der Waals surface area contributed by atoms with Gasteiger partial charge in [-0.25, -0.2) is 0 Å². The molecule has 0 N–H and O–H groups in total. The highest BCUT2D eigenvalue weighted by Crippen LogP contribution is 2.62. The Kier molecular flexibility index (Phi) is 6.20. The largest absolute Gasteiger partial charge is 0.466 e. The van der Waals surface area contributed by atoms with E-state index in [0.29, 0.717) is 29.8 Å². The number of carbonyl (C=O) groups excluding carboxylic acids is 1. The molecule has 2 nitrogen and oxygen atoms in total. The molecular formula is C22H38O2. The molecule has 0 saturated heterocycles. The summed E-state index contributed by atoms with van der Waals surface area (Å²) < 4.78 is 5.12. The molecule has 0 bridgehead atoms. The van der Waals surface area contributed by atoms with Crippen LogP contribution in [0.4, 0.5) is 0 Å². The van der Waals surface area contributed by atoms with Gasteiger partial charge in [-0.05, 0) is 80.5 Å². The van der Waals surface area contributed by atoms with E-state index in [1.165, 1.54) is 44.1 Å². The molecule has 0 aromatic rings. The number of allylic oxidation sites excluding steroid dienone is 1. The molecule has 2 fully saturated rings. The van der Waals surface area contributed by atoms with E-state index in [9.17, 15) is 4.79 Å². The van der Waals surface area contributed by atoms with Crippen LogP contribution in [0.2, 0.25) is 0 Å². The maximum absolute atomic E-state index is 11.7. The molecule has 138 valence electrons. The van der Waals surface area contributed by atoms with Crippen molar-refractivity contribution in [1.29, 1.82) is 0 Å².